The van der Waals surface area contributed by atoms with Crippen molar-refractivity contribution in [1.82, 2.24) is 4.98 Å². The number of para-hydroxylation sites is 2. The van der Waals surface area contributed by atoms with Gasteiger partial charge in [0.15, 0.2) is 5.58 Å². The van der Waals surface area contributed by atoms with Crippen molar-refractivity contribution in [3.05, 3.63) is 115 Å². The lowest BCUT2D eigenvalue weighted by atomic mass is 9.91. The lowest BCUT2D eigenvalue weighted by Gasteiger charge is -2.12. The highest BCUT2D eigenvalue weighted by Crippen LogP contribution is 2.39. The molecule has 0 N–H and O–H groups in total. The van der Waals surface area contributed by atoms with Crippen molar-refractivity contribution in [2.45, 2.75) is 0 Å². The predicted octanol–water partition coefficient (Wildman–Crippen LogP) is 9.96. The van der Waals surface area contributed by atoms with E-state index in [0.29, 0.717) is 5.89 Å². The summed E-state index contributed by atoms with van der Waals surface area (Å²) in [4.78, 5) is 4.67. The van der Waals surface area contributed by atoms with Crippen LogP contribution in [-0.2, 0) is 0 Å². The minimum Gasteiger partial charge on any atom is -0.456 e. The molecule has 0 saturated carbocycles. The van der Waals surface area contributed by atoms with Crippen molar-refractivity contribution < 1.29 is 8.83 Å². The Bertz CT molecular complexity index is 2260. The van der Waals surface area contributed by atoms with Crippen molar-refractivity contribution in [1.29, 1.82) is 0 Å². The molecule has 9 aromatic rings. The Morgan fingerprint density at radius 1 is 0.421 bits per heavy atom. The zero-order valence-corrected chi connectivity index (χ0v) is 20.2. The fourth-order valence-corrected chi connectivity index (χ4v) is 6.01. The van der Waals surface area contributed by atoms with Gasteiger partial charge in [0.25, 0.3) is 0 Å². The van der Waals surface area contributed by atoms with Gasteiger partial charge in [-0.3, -0.25) is 0 Å². The molecule has 0 aliphatic rings. The van der Waals surface area contributed by atoms with Crippen LogP contribution in [0.5, 0.6) is 0 Å². The third kappa shape index (κ3) is 2.76. The maximum absolute atomic E-state index is 6.31. The smallest absolute Gasteiger partial charge is 0.227 e. The highest BCUT2D eigenvalue weighted by atomic mass is 16.3. The number of hydrogen-bond acceptors (Lipinski definition) is 3. The summed E-state index contributed by atoms with van der Waals surface area (Å²) in [6.45, 7) is 0. The summed E-state index contributed by atoms with van der Waals surface area (Å²) in [7, 11) is 0. The van der Waals surface area contributed by atoms with Crippen molar-refractivity contribution >= 4 is 65.4 Å². The molecule has 38 heavy (non-hydrogen) atoms. The number of aromatic nitrogens is 1. The minimum absolute atomic E-state index is 0.618. The summed E-state index contributed by atoms with van der Waals surface area (Å²) < 4.78 is 12.3. The molecule has 9 rings (SSSR count). The van der Waals surface area contributed by atoms with E-state index < -0.39 is 0 Å². The maximum Gasteiger partial charge on any atom is 0.227 e. The first kappa shape index (κ1) is 20.0. The lowest BCUT2D eigenvalue weighted by molar-refractivity contribution is 0.620. The van der Waals surface area contributed by atoms with Gasteiger partial charge < -0.3 is 8.83 Å². The quantitative estimate of drug-likeness (QED) is 0.229. The van der Waals surface area contributed by atoms with Crippen LogP contribution < -0.4 is 0 Å². The van der Waals surface area contributed by atoms with Crippen molar-refractivity contribution in [3.63, 3.8) is 0 Å². The van der Waals surface area contributed by atoms with Crippen LogP contribution in [-0.4, -0.2) is 4.98 Å². The fourth-order valence-electron chi connectivity index (χ4n) is 6.01. The van der Waals surface area contributed by atoms with Gasteiger partial charge in [-0.05, 0) is 98.0 Å². The van der Waals surface area contributed by atoms with E-state index in [9.17, 15) is 0 Å². The normalized spacial score (nSPS) is 12.2. The number of oxazole rings is 1. The Morgan fingerprint density at radius 2 is 1.16 bits per heavy atom. The van der Waals surface area contributed by atoms with Crippen LogP contribution >= 0.6 is 0 Å². The Hall–Kier alpha value is -5.15. The van der Waals surface area contributed by atoms with Crippen LogP contribution in [0.1, 0.15) is 0 Å². The summed E-state index contributed by atoms with van der Waals surface area (Å²) in [5.74, 6) is 0.618. The molecule has 0 amide bonds. The van der Waals surface area contributed by atoms with E-state index in [1.54, 1.807) is 0 Å². The Morgan fingerprint density at radius 3 is 1.97 bits per heavy atom. The van der Waals surface area contributed by atoms with Gasteiger partial charge in [-0.25, -0.2) is 4.98 Å². The van der Waals surface area contributed by atoms with E-state index in [4.69, 9.17) is 8.83 Å². The summed E-state index contributed by atoms with van der Waals surface area (Å²) in [6.07, 6.45) is 0. The van der Waals surface area contributed by atoms with E-state index in [1.807, 2.05) is 36.4 Å². The van der Waals surface area contributed by atoms with Gasteiger partial charge in [0.05, 0.1) is 0 Å². The van der Waals surface area contributed by atoms with Gasteiger partial charge >= 0.3 is 0 Å². The van der Waals surface area contributed by atoms with Crippen LogP contribution in [0, 0.1) is 0 Å². The Labute approximate surface area is 216 Å². The molecule has 0 aliphatic heterocycles. The molecule has 0 radical (unpaired) electrons. The second kappa shape index (κ2) is 7.21. The number of benzene rings is 7. The molecule has 0 bridgehead atoms. The zero-order valence-electron chi connectivity index (χ0n) is 20.2. The van der Waals surface area contributed by atoms with Crippen LogP contribution in [0.3, 0.4) is 0 Å². The minimum atomic E-state index is 0.618. The van der Waals surface area contributed by atoms with Gasteiger partial charge in [-0.2, -0.15) is 0 Å². The maximum atomic E-state index is 6.31. The van der Waals surface area contributed by atoms with E-state index >= 15 is 0 Å². The van der Waals surface area contributed by atoms with Crippen LogP contribution in [0.4, 0.5) is 0 Å². The SMILES string of the molecule is c1cc2ccc3cc(-c4ccc5c(c4)oc4ccc(-c6nc7ccccc7o6)cc45)cc4ccc(c1)c2c34. The third-order valence-corrected chi connectivity index (χ3v) is 7.81. The third-order valence-electron chi connectivity index (χ3n) is 7.81. The van der Waals surface area contributed by atoms with Gasteiger partial charge in [-0.1, -0.05) is 60.7 Å². The number of fused-ring (bicyclic) bond motifs is 4. The van der Waals surface area contributed by atoms with E-state index in [2.05, 4.69) is 83.8 Å². The molecule has 0 unspecified atom stereocenters. The molecule has 0 aliphatic carbocycles. The number of hydrogen-bond donors (Lipinski definition) is 0. The highest BCUT2D eigenvalue weighted by Gasteiger charge is 2.14. The molecule has 2 aromatic heterocycles. The molecule has 0 saturated heterocycles. The first-order chi connectivity index (χ1) is 18.8. The second-order valence-corrected chi connectivity index (χ2v) is 10.0. The van der Waals surface area contributed by atoms with Crippen LogP contribution in [0.25, 0.3) is 87.9 Å². The first-order valence-electron chi connectivity index (χ1n) is 12.8. The van der Waals surface area contributed by atoms with Gasteiger partial charge in [0.1, 0.15) is 16.7 Å². The van der Waals surface area contributed by atoms with Crippen LogP contribution in [0.15, 0.2) is 124 Å². The van der Waals surface area contributed by atoms with Crippen molar-refractivity contribution in [3.8, 4) is 22.6 Å². The molecule has 0 fully saturated rings. The number of furan rings is 1. The van der Waals surface area contributed by atoms with Crippen molar-refractivity contribution in [2.24, 2.45) is 0 Å². The summed E-state index contributed by atoms with van der Waals surface area (Å²) in [5, 5.41) is 9.91. The number of rotatable bonds is 2. The summed E-state index contributed by atoms with van der Waals surface area (Å²) >= 11 is 0. The topological polar surface area (TPSA) is 39.2 Å². The Kier molecular flexibility index (Phi) is 3.79. The zero-order chi connectivity index (χ0) is 24.8. The molecule has 7 aromatic carbocycles. The van der Waals surface area contributed by atoms with Gasteiger partial charge in [-0.15, -0.1) is 0 Å². The van der Waals surface area contributed by atoms with E-state index in [-0.39, 0.29) is 0 Å². The second-order valence-electron chi connectivity index (χ2n) is 10.0. The lowest BCUT2D eigenvalue weighted by Crippen LogP contribution is -1.85. The van der Waals surface area contributed by atoms with Gasteiger partial charge in [0.2, 0.25) is 5.89 Å². The molecule has 2 heterocycles. The molecular formula is C35H19NO2. The van der Waals surface area contributed by atoms with E-state index in [0.717, 1.165) is 44.2 Å². The predicted molar refractivity (Wildman–Crippen MR) is 156 cm³/mol. The summed E-state index contributed by atoms with van der Waals surface area (Å²) in [6, 6.07) is 40.5. The summed E-state index contributed by atoms with van der Waals surface area (Å²) in [5.41, 5.74) is 6.64. The largest absolute Gasteiger partial charge is 0.456 e. The van der Waals surface area contributed by atoms with Gasteiger partial charge in [0, 0.05) is 16.3 Å². The standard InChI is InChI=1S/C35H19NO2/c1-2-7-31-29(6-1)36-35(38-31)25-13-15-30-28(18-25)27-14-12-22(19-32(27)37-30)26-16-23-10-8-20-4-3-5-21-9-11-24(17-26)34(23)33(20)21/h1-19H. The van der Waals surface area contributed by atoms with E-state index in [1.165, 1.54) is 37.9 Å². The fraction of sp³-hybridized carbons (Fsp3) is 0. The number of nitrogens with zero attached hydrogens (tertiary/aromatic N) is 1. The molecule has 0 spiro atoms. The van der Waals surface area contributed by atoms with Crippen molar-refractivity contribution in [2.75, 3.05) is 0 Å². The monoisotopic (exact) mass is 485 g/mol. The first-order valence-corrected chi connectivity index (χ1v) is 12.8. The molecule has 0 atom stereocenters. The Balaban J connectivity index is 1.20. The molecule has 176 valence electrons. The molecule has 3 nitrogen and oxygen atoms in total. The molecular weight excluding hydrogens is 466 g/mol. The average Bonchev–Trinajstić information content (AvgIpc) is 3.56. The average molecular weight is 486 g/mol. The molecule has 3 heteroatoms. The highest BCUT2D eigenvalue weighted by molar-refractivity contribution is 6.23. The van der Waals surface area contributed by atoms with Crippen LogP contribution in [0.2, 0.25) is 0 Å².